The molecule has 0 saturated heterocycles. The average Bonchev–Trinajstić information content (AvgIpc) is 2.91. The molecule has 0 aromatic heterocycles. The average molecular weight is 512 g/mol. The van der Waals surface area contributed by atoms with E-state index in [-0.39, 0.29) is 10.8 Å². The Morgan fingerprint density at radius 1 is 0.917 bits per heavy atom. The molecule has 192 valence electrons. The first-order valence-electron chi connectivity index (χ1n) is 11.8. The maximum absolute atomic E-state index is 13.2. The Kier molecular flexibility index (Phi) is 9.32. The van der Waals surface area contributed by atoms with Crippen LogP contribution in [0.25, 0.3) is 0 Å². The van der Waals surface area contributed by atoms with Crippen molar-refractivity contribution >= 4 is 21.6 Å². The summed E-state index contributed by atoms with van der Waals surface area (Å²) < 4.78 is 38.8. The van der Waals surface area contributed by atoms with E-state index in [4.69, 9.17) is 9.47 Å². The van der Waals surface area contributed by atoms with Gasteiger partial charge in [0.2, 0.25) is 0 Å². The first-order chi connectivity index (χ1) is 17.3. The molecule has 0 atom stereocenters. The van der Waals surface area contributed by atoms with E-state index in [0.29, 0.717) is 35.0 Å². The first-order valence-corrected chi connectivity index (χ1v) is 13.2. The monoisotopic (exact) mass is 511 g/mol. The summed E-state index contributed by atoms with van der Waals surface area (Å²) in [6.07, 6.45) is 0. The molecule has 36 heavy (non-hydrogen) atoms. The predicted octanol–water partition coefficient (Wildman–Crippen LogP) is 4.38. The Balaban J connectivity index is 1.73. The first kappa shape index (κ1) is 27.0. The normalized spacial score (nSPS) is 11.2. The van der Waals surface area contributed by atoms with Crippen LogP contribution in [-0.2, 0) is 10.0 Å². The Morgan fingerprint density at radius 3 is 2.17 bits per heavy atom. The number of carbonyl (C=O) groups excluding carboxylic acids is 1. The molecule has 0 heterocycles. The van der Waals surface area contributed by atoms with E-state index in [1.807, 2.05) is 30.3 Å². The topological polar surface area (TPSA) is 88.2 Å². The van der Waals surface area contributed by atoms with Crippen LogP contribution in [0.3, 0.4) is 0 Å². The fraction of sp³-hybridized carbons (Fsp3) is 0.296. The lowest BCUT2D eigenvalue weighted by atomic mass is 10.1. The molecule has 0 aliphatic carbocycles. The minimum absolute atomic E-state index is 0.114. The number of methoxy groups -OCH3 is 1. The summed E-state index contributed by atoms with van der Waals surface area (Å²) >= 11 is 0. The highest BCUT2D eigenvalue weighted by Gasteiger charge is 2.23. The van der Waals surface area contributed by atoms with Crippen LogP contribution in [0.15, 0.2) is 77.7 Å². The third kappa shape index (κ3) is 6.56. The number of para-hydroxylation sites is 1. The number of anilines is 1. The molecule has 0 aliphatic rings. The van der Waals surface area contributed by atoms with Gasteiger partial charge in [-0.3, -0.25) is 9.10 Å². The number of ether oxygens (including phenoxy) is 2. The van der Waals surface area contributed by atoms with Gasteiger partial charge in [-0.1, -0.05) is 32.0 Å². The molecule has 0 aliphatic heterocycles. The maximum Gasteiger partial charge on any atom is 0.264 e. The molecule has 0 bridgehead atoms. The van der Waals surface area contributed by atoms with Crippen LogP contribution in [0.2, 0.25) is 0 Å². The Labute approximate surface area is 213 Å². The van der Waals surface area contributed by atoms with Gasteiger partial charge in [0.1, 0.15) is 17.2 Å². The van der Waals surface area contributed by atoms with Gasteiger partial charge in [-0.15, -0.1) is 0 Å². The second-order valence-electron chi connectivity index (χ2n) is 8.03. The van der Waals surface area contributed by atoms with Crippen molar-refractivity contribution in [2.24, 2.45) is 0 Å². The number of amides is 1. The molecule has 0 radical (unpaired) electrons. The highest BCUT2D eigenvalue weighted by atomic mass is 32.2. The Hall–Kier alpha value is -3.56. The van der Waals surface area contributed by atoms with Crippen LogP contribution in [0.5, 0.6) is 17.2 Å². The van der Waals surface area contributed by atoms with Crippen molar-refractivity contribution in [1.29, 1.82) is 0 Å². The maximum atomic E-state index is 13.2. The summed E-state index contributed by atoms with van der Waals surface area (Å²) in [6.45, 7) is 7.22. The highest BCUT2D eigenvalue weighted by molar-refractivity contribution is 7.92. The smallest absolute Gasteiger partial charge is 0.264 e. The molecule has 0 spiro atoms. The van der Waals surface area contributed by atoms with Gasteiger partial charge in [-0.2, -0.15) is 0 Å². The van der Waals surface area contributed by atoms with Crippen molar-refractivity contribution in [1.82, 2.24) is 10.2 Å². The van der Waals surface area contributed by atoms with Crippen LogP contribution in [0.1, 0.15) is 24.2 Å². The number of benzene rings is 3. The zero-order valence-corrected chi connectivity index (χ0v) is 21.9. The zero-order chi connectivity index (χ0) is 26.1. The van der Waals surface area contributed by atoms with Crippen LogP contribution in [-0.4, -0.2) is 59.6 Å². The number of rotatable bonds is 12. The van der Waals surface area contributed by atoms with Gasteiger partial charge in [0.05, 0.1) is 23.3 Å². The molecule has 0 unspecified atom stereocenters. The van der Waals surface area contributed by atoms with Crippen molar-refractivity contribution in [3.8, 4) is 17.2 Å². The number of nitrogens with zero attached hydrogens (tertiary/aromatic N) is 2. The minimum atomic E-state index is -3.85. The summed E-state index contributed by atoms with van der Waals surface area (Å²) in [7, 11) is -0.942. The molecule has 0 fully saturated rings. The van der Waals surface area contributed by atoms with E-state index in [2.05, 4.69) is 24.1 Å². The van der Waals surface area contributed by atoms with E-state index in [1.54, 1.807) is 30.3 Å². The third-order valence-corrected chi connectivity index (χ3v) is 7.66. The van der Waals surface area contributed by atoms with Crippen molar-refractivity contribution < 1.29 is 22.7 Å². The van der Waals surface area contributed by atoms with Gasteiger partial charge in [-0.05, 0) is 61.6 Å². The summed E-state index contributed by atoms with van der Waals surface area (Å²) in [4.78, 5) is 15.0. The predicted molar refractivity (Wildman–Crippen MR) is 142 cm³/mol. The van der Waals surface area contributed by atoms with Crippen LogP contribution in [0.4, 0.5) is 5.69 Å². The van der Waals surface area contributed by atoms with Crippen molar-refractivity contribution in [2.75, 3.05) is 44.6 Å². The van der Waals surface area contributed by atoms with Gasteiger partial charge >= 0.3 is 0 Å². The van der Waals surface area contributed by atoms with Crippen molar-refractivity contribution in [3.05, 3.63) is 78.4 Å². The molecule has 0 saturated carbocycles. The summed E-state index contributed by atoms with van der Waals surface area (Å²) in [5.41, 5.74) is 0.713. The zero-order valence-electron chi connectivity index (χ0n) is 21.1. The third-order valence-electron chi connectivity index (χ3n) is 5.86. The quantitative estimate of drug-likeness (QED) is 0.388. The lowest BCUT2D eigenvalue weighted by Crippen LogP contribution is -2.35. The molecule has 3 aromatic rings. The lowest BCUT2D eigenvalue weighted by Gasteiger charge is -2.21. The van der Waals surface area contributed by atoms with Gasteiger partial charge in [0.15, 0.2) is 0 Å². The Morgan fingerprint density at radius 2 is 1.56 bits per heavy atom. The van der Waals surface area contributed by atoms with Gasteiger partial charge in [0.25, 0.3) is 15.9 Å². The highest BCUT2D eigenvalue weighted by Crippen LogP contribution is 2.30. The van der Waals surface area contributed by atoms with Crippen LogP contribution in [0, 0.1) is 0 Å². The standard InChI is InChI=1S/C27H33N3O5S/c1-5-30(6-2)19-18-28-27(31)25-17-12-21(20-26(25)34-4)29(3)36(32,33)24-15-13-23(14-16-24)35-22-10-8-7-9-11-22/h7-17,20H,5-6,18-19H2,1-4H3,(H,28,31). The lowest BCUT2D eigenvalue weighted by molar-refractivity contribution is 0.0946. The molecule has 8 nitrogen and oxygen atoms in total. The van der Waals surface area contributed by atoms with Gasteiger partial charge in [0, 0.05) is 26.2 Å². The number of sulfonamides is 1. The second kappa shape index (κ2) is 12.4. The van der Waals surface area contributed by atoms with Gasteiger partial charge < -0.3 is 19.7 Å². The largest absolute Gasteiger partial charge is 0.496 e. The fourth-order valence-corrected chi connectivity index (χ4v) is 4.81. The number of hydrogen-bond acceptors (Lipinski definition) is 6. The fourth-order valence-electron chi connectivity index (χ4n) is 3.63. The van der Waals surface area contributed by atoms with E-state index in [0.717, 1.165) is 23.9 Å². The van der Waals surface area contributed by atoms with Gasteiger partial charge in [-0.25, -0.2) is 8.42 Å². The molecule has 3 rings (SSSR count). The number of carbonyl (C=O) groups is 1. The van der Waals surface area contributed by atoms with Crippen molar-refractivity contribution in [2.45, 2.75) is 18.7 Å². The number of nitrogens with one attached hydrogen (secondary N) is 1. The summed E-state index contributed by atoms with van der Waals surface area (Å²) in [5, 5.41) is 2.90. The molecule has 1 amide bonds. The summed E-state index contributed by atoms with van der Waals surface area (Å²) in [5.74, 6) is 1.21. The number of likely N-dealkylation sites (N-methyl/N-ethyl adjacent to an activating group) is 1. The molecule has 3 aromatic carbocycles. The van der Waals surface area contributed by atoms with E-state index >= 15 is 0 Å². The van der Waals surface area contributed by atoms with Crippen LogP contribution >= 0.6 is 0 Å². The molecular weight excluding hydrogens is 478 g/mol. The SMILES string of the molecule is CCN(CC)CCNC(=O)c1ccc(N(C)S(=O)(=O)c2ccc(Oc3ccccc3)cc2)cc1OC. The molecule has 1 N–H and O–H groups in total. The van der Waals surface area contributed by atoms with Crippen molar-refractivity contribution in [3.63, 3.8) is 0 Å². The molecular formula is C27H33N3O5S. The molecule has 9 heteroatoms. The summed E-state index contributed by atoms with van der Waals surface area (Å²) in [6, 6.07) is 20.2. The minimum Gasteiger partial charge on any atom is -0.496 e. The van der Waals surface area contributed by atoms with E-state index in [9.17, 15) is 13.2 Å². The van der Waals surface area contributed by atoms with Crippen LogP contribution < -0.4 is 19.1 Å². The van der Waals surface area contributed by atoms with E-state index in [1.165, 1.54) is 26.3 Å². The second-order valence-corrected chi connectivity index (χ2v) is 10.00. The number of hydrogen-bond donors (Lipinski definition) is 1. The van der Waals surface area contributed by atoms with E-state index < -0.39 is 10.0 Å². The Bertz CT molecular complexity index is 1240.